The monoisotopic (exact) mass is 737 g/mol. The van der Waals surface area contributed by atoms with E-state index >= 15 is 0 Å². The van der Waals surface area contributed by atoms with Gasteiger partial charge in [-0.2, -0.15) is 4.58 Å². The standard InChI is InChI=1S/C39H48Br2ClN2/c1-7-9-11-23-43-33-19-17-29(40)25-31(33)38(3,4)35(43)21-15-27-13-14-28(37(27)42)16-22-36-39(5,6)32-26-30(41)18-20-34(32)44(36)24-12-10-8-2/h15-22,25-26H,7-14,23-24H2,1-6H3/q+1. The van der Waals surface area contributed by atoms with Gasteiger partial charge >= 0.3 is 0 Å². The maximum absolute atomic E-state index is 7.14. The number of hydrogen-bond donors (Lipinski definition) is 0. The molecule has 0 bridgehead atoms. The van der Waals surface area contributed by atoms with Gasteiger partial charge in [-0.3, -0.25) is 0 Å². The molecule has 2 aromatic carbocycles. The first kappa shape index (κ1) is 33.5. The van der Waals surface area contributed by atoms with Crippen molar-refractivity contribution in [1.82, 2.24) is 0 Å². The van der Waals surface area contributed by atoms with Crippen LogP contribution in [0.5, 0.6) is 0 Å². The van der Waals surface area contributed by atoms with Crippen LogP contribution < -0.4 is 4.90 Å². The molecule has 0 radical (unpaired) electrons. The summed E-state index contributed by atoms with van der Waals surface area (Å²) in [6, 6.07) is 13.5. The second-order valence-corrected chi connectivity index (χ2v) is 15.8. The molecule has 2 heterocycles. The summed E-state index contributed by atoms with van der Waals surface area (Å²) in [6.07, 6.45) is 18.6. The van der Waals surface area contributed by atoms with Gasteiger partial charge in [-0.15, -0.1) is 0 Å². The third kappa shape index (κ3) is 6.51. The van der Waals surface area contributed by atoms with E-state index in [2.05, 4.69) is 144 Å². The van der Waals surface area contributed by atoms with Crippen LogP contribution in [-0.2, 0) is 10.8 Å². The molecule has 1 aliphatic carbocycles. The van der Waals surface area contributed by atoms with Crippen molar-refractivity contribution in [2.24, 2.45) is 0 Å². The van der Waals surface area contributed by atoms with Gasteiger partial charge in [-0.25, -0.2) is 0 Å². The molecule has 0 atom stereocenters. The average molecular weight is 740 g/mol. The van der Waals surface area contributed by atoms with Crippen molar-refractivity contribution in [2.45, 2.75) is 104 Å². The number of rotatable bonds is 11. The predicted molar refractivity (Wildman–Crippen MR) is 198 cm³/mol. The van der Waals surface area contributed by atoms with Crippen LogP contribution in [0.4, 0.5) is 11.4 Å². The molecule has 0 amide bonds. The van der Waals surface area contributed by atoms with Crippen LogP contribution in [0.1, 0.15) is 104 Å². The van der Waals surface area contributed by atoms with Crippen LogP contribution in [0.15, 0.2) is 91.5 Å². The van der Waals surface area contributed by atoms with Gasteiger partial charge in [0.25, 0.3) is 0 Å². The summed E-state index contributed by atoms with van der Waals surface area (Å²) in [5.41, 5.74) is 10.5. The van der Waals surface area contributed by atoms with Crippen LogP contribution in [0.2, 0.25) is 0 Å². The van der Waals surface area contributed by atoms with Crippen LogP contribution in [0, 0.1) is 0 Å². The maximum atomic E-state index is 7.14. The summed E-state index contributed by atoms with van der Waals surface area (Å²) in [4.78, 5) is 2.55. The SMILES string of the molecule is CCCCCN1/C(=C/C=C2\CCC(/C=C/C3=[N+](CCCCC)c4ccc(Br)cc4C3(C)C)=C2Cl)C(C)(C)c2cc(Br)ccc21. The highest BCUT2D eigenvalue weighted by atomic mass is 79.9. The van der Waals surface area contributed by atoms with Crippen molar-refractivity contribution >= 4 is 60.5 Å². The Morgan fingerprint density at radius 1 is 0.818 bits per heavy atom. The van der Waals surface area contributed by atoms with E-state index in [1.807, 2.05) is 0 Å². The van der Waals surface area contributed by atoms with Crippen molar-refractivity contribution in [1.29, 1.82) is 0 Å². The molecular weight excluding hydrogens is 692 g/mol. The van der Waals surface area contributed by atoms with Crippen molar-refractivity contribution < 1.29 is 4.58 Å². The average Bonchev–Trinajstić information content (AvgIpc) is 3.51. The first-order valence-corrected chi connectivity index (χ1v) is 18.5. The van der Waals surface area contributed by atoms with E-state index in [9.17, 15) is 0 Å². The summed E-state index contributed by atoms with van der Waals surface area (Å²) in [5.74, 6) is 0. The third-order valence-electron chi connectivity index (χ3n) is 9.79. The van der Waals surface area contributed by atoms with Crippen LogP contribution in [0.3, 0.4) is 0 Å². The minimum atomic E-state index is -0.0736. The molecule has 0 saturated heterocycles. The van der Waals surface area contributed by atoms with Crippen LogP contribution in [0.25, 0.3) is 0 Å². The van der Waals surface area contributed by atoms with Crippen molar-refractivity contribution in [3.63, 3.8) is 0 Å². The Morgan fingerprint density at radius 2 is 1.50 bits per heavy atom. The number of hydrogen-bond acceptors (Lipinski definition) is 1. The summed E-state index contributed by atoms with van der Waals surface area (Å²) >= 11 is 14.6. The lowest BCUT2D eigenvalue weighted by atomic mass is 9.81. The number of benzene rings is 2. The van der Waals surface area contributed by atoms with Crippen molar-refractivity contribution in [3.05, 3.63) is 103 Å². The Labute approximate surface area is 287 Å². The lowest BCUT2D eigenvalue weighted by Gasteiger charge is -2.27. The number of halogens is 3. The highest BCUT2D eigenvalue weighted by Crippen LogP contribution is 2.49. The van der Waals surface area contributed by atoms with Crippen LogP contribution in [-0.4, -0.2) is 23.4 Å². The molecule has 0 saturated carbocycles. The van der Waals surface area contributed by atoms with E-state index in [-0.39, 0.29) is 10.8 Å². The van der Waals surface area contributed by atoms with Gasteiger partial charge in [0, 0.05) is 61.4 Å². The highest BCUT2D eigenvalue weighted by Gasteiger charge is 2.44. The molecule has 2 nitrogen and oxygen atoms in total. The summed E-state index contributed by atoms with van der Waals surface area (Å²) < 4.78 is 4.82. The minimum absolute atomic E-state index is 0.0736. The van der Waals surface area contributed by atoms with Gasteiger partial charge in [0.2, 0.25) is 5.69 Å². The Hall–Kier alpha value is -1.88. The zero-order valence-corrected chi connectivity index (χ0v) is 31.3. The first-order valence-electron chi connectivity index (χ1n) is 16.5. The van der Waals surface area contributed by atoms with E-state index in [0.717, 1.165) is 39.9 Å². The fraction of sp³-hybridized carbons (Fsp3) is 0.462. The quantitative estimate of drug-likeness (QED) is 0.164. The van der Waals surface area contributed by atoms with E-state index < -0.39 is 0 Å². The van der Waals surface area contributed by atoms with Gasteiger partial charge in [0.15, 0.2) is 5.71 Å². The summed E-state index contributed by atoms with van der Waals surface area (Å²) in [6.45, 7) is 16.0. The molecule has 234 valence electrons. The second kappa shape index (κ2) is 13.9. The lowest BCUT2D eigenvalue weighted by molar-refractivity contribution is -0.438. The summed E-state index contributed by atoms with van der Waals surface area (Å²) in [7, 11) is 0. The van der Waals surface area contributed by atoms with Gasteiger partial charge in [0.05, 0.1) is 5.41 Å². The van der Waals surface area contributed by atoms with Gasteiger partial charge in [-0.05, 0) is 92.6 Å². The largest absolute Gasteiger partial charge is 0.344 e. The maximum Gasteiger partial charge on any atom is 0.209 e. The number of anilines is 1. The Kier molecular flexibility index (Phi) is 10.5. The molecule has 0 aromatic heterocycles. The zero-order chi connectivity index (χ0) is 31.6. The van der Waals surface area contributed by atoms with E-state index in [1.165, 1.54) is 83.6 Å². The smallest absolute Gasteiger partial charge is 0.209 e. The summed E-state index contributed by atoms with van der Waals surface area (Å²) in [5, 5.41) is 0.917. The van der Waals surface area contributed by atoms with E-state index in [0.29, 0.717) is 0 Å². The molecule has 0 unspecified atom stereocenters. The molecular formula is C39H48Br2ClN2+. The molecule has 44 heavy (non-hydrogen) atoms. The topological polar surface area (TPSA) is 6.25 Å². The molecule has 5 heteroatoms. The normalized spacial score (nSPS) is 20.6. The molecule has 2 aliphatic heterocycles. The predicted octanol–water partition coefficient (Wildman–Crippen LogP) is 12.4. The highest BCUT2D eigenvalue weighted by molar-refractivity contribution is 9.10. The lowest BCUT2D eigenvalue weighted by Crippen LogP contribution is -2.28. The van der Waals surface area contributed by atoms with Crippen molar-refractivity contribution in [2.75, 3.05) is 18.0 Å². The molecule has 0 fully saturated rings. The Bertz CT molecular complexity index is 1570. The molecule has 0 N–H and O–H groups in total. The van der Waals surface area contributed by atoms with Gasteiger partial charge in [-0.1, -0.05) is 103 Å². The molecule has 2 aromatic rings. The molecule has 3 aliphatic rings. The van der Waals surface area contributed by atoms with E-state index in [4.69, 9.17) is 11.6 Å². The minimum Gasteiger partial charge on any atom is -0.344 e. The van der Waals surface area contributed by atoms with Crippen molar-refractivity contribution in [3.8, 4) is 0 Å². The third-order valence-corrected chi connectivity index (χ3v) is 11.3. The van der Waals surface area contributed by atoms with Gasteiger partial charge < -0.3 is 4.90 Å². The van der Waals surface area contributed by atoms with E-state index in [1.54, 1.807) is 0 Å². The number of unbranched alkanes of at least 4 members (excludes halogenated alkanes) is 4. The molecule has 5 rings (SSSR count). The fourth-order valence-corrected chi connectivity index (χ4v) is 8.22. The first-order chi connectivity index (χ1) is 21.0. The number of nitrogens with zero attached hydrogens (tertiary/aromatic N) is 2. The number of allylic oxidation sites excluding steroid dienone is 8. The second-order valence-electron chi connectivity index (χ2n) is 13.6. The fourth-order valence-electron chi connectivity index (χ4n) is 7.18. The molecule has 0 spiro atoms. The zero-order valence-electron chi connectivity index (χ0n) is 27.4. The Balaban J connectivity index is 1.46. The van der Waals surface area contributed by atoms with Crippen LogP contribution >= 0.6 is 43.5 Å². The number of fused-ring (bicyclic) bond motifs is 2. The Morgan fingerprint density at radius 3 is 2.23 bits per heavy atom. The van der Waals surface area contributed by atoms with Gasteiger partial charge in [0.1, 0.15) is 6.54 Å².